The zero-order valence-electron chi connectivity index (χ0n) is 11.5. The molecule has 19 heavy (non-hydrogen) atoms. The molecule has 0 bridgehead atoms. The Hall–Kier alpha value is -1.36. The van der Waals surface area contributed by atoms with E-state index in [1.54, 1.807) is 0 Å². The highest BCUT2D eigenvalue weighted by atomic mass is 32.1. The lowest BCUT2D eigenvalue weighted by Crippen LogP contribution is -2.28. The first-order valence-corrected chi connectivity index (χ1v) is 7.46. The van der Waals surface area contributed by atoms with Gasteiger partial charge in [0.2, 0.25) is 0 Å². The van der Waals surface area contributed by atoms with Crippen molar-refractivity contribution in [1.82, 2.24) is 10.3 Å². The highest BCUT2D eigenvalue weighted by Crippen LogP contribution is 2.18. The Labute approximate surface area is 120 Å². The third-order valence-corrected chi connectivity index (χ3v) is 3.52. The number of nitrogens with zero attached hydrogens (tertiary/aromatic N) is 2. The van der Waals surface area contributed by atoms with Crippen LogP contribution in [0.25, 0.3) is 0 Å². The molecular weight excluding hydrogens is 256 g/mol. The average molecular weight is 278 g/mol. The molecule has 0 spiro atoms. The highest BCUT2D eigenvalue weighted by Gasteiger charge is 2.10. The predicted molar refractivity (Wildman–Crippen MR) is 84.8 cm³/mol. The van der Waals surface area contributed by atoms with Crippen LogP contribution in [-0.4, -0.2) is 29.7 Å². The number of hydrogen-bond acceptors (Lipinski definition) is 3. The Morgan fingerprint density at radius 1 is 1.26 bits per heavy atom. The van der Waals surface area contributed by atoms with Crippen molar-refractivity contribution in [3.8, 4) is 0 Å². The molecule has 1 aromatic heterocycles. The Kier molecular flexibility index (Phi) is 5.39. The molecular formula is C14H22N4S. The zero-order valence-corrected chi connectivity index (χ0v) is 12.3. The lowest BCUT2D eigenvalue weighted by molar-refractivity contribution is 0.726. The van der Waals surface area contributed by atoms with Crippen LogP contribution in [0.5, 0.6) is 0 Å². The standard InChI is InChI=1S/C14H22N4S/c1-2-15-14(19)17-12-7-8-13(16-11-12)18-9-5-3-4-6-10-18/h7-8,11H,2-6,9-10H2,1H3,(H2,15,17,19). The molecule has 1 aromatic rings. The fourth-order valence-electron chi connectivity index (χ4n) is 2.28. The van der Waals surface area contributed by atoms with E-state index in [-0.39, 0.29) is 0 Å². The van der Waals surface area contributed by atoms with Gasteiger partial charge in [0.1, 0.15) is 5.82 Å². The molecule has 0 aliphatic carbocycles. The first-order chi connectivity index (χ1) is 9.29. The van der Waals surface area contributed by atoms with Crippen molar-refractivity contribution in [1.29, 1.82) is 0 Å². The molecule has 2 rings (SSSR count). The predicted octanol–water partition coefficient (Wildman–Crippen LogP) is 2.77. The van der Waals surface area contributed by atoms with E-state index in [0.717, 1.165) is 31.1 Å². The maximum Gasteiger partial charge on any atom is 0.170 e. The molecule has 0 amide bonds. The number of rotatable bonds is 3. The molecule has 1 saturated heterocycles. The molecule has 2 N–H and O–H groups in total. The van der Waals surface area contributed by atoms with Crippen LogP contribution >= 0.6 is 12.2 Å². The molecule has 104 valence electrons. The molecule has 1 aliphatic rings. The number of aromatic nitrogens is 1. The van der Waals surface area contributed by atoms with Crippen LogP contribution in [0.15, 0.2) is 18.3 Å². The largest absolute Gasteiger partial charge is 0.363 e. The summed E-state index contributed by atoms with van der Waals surface area (Å²) < 4.78 is 0. The molecule has 0 unspecified atom stereocenters. The lowest BCUT2D eigenvalue weighted by Gasteiger charge is -2.21. The Morgan fingerprint density at radius 2 is 2.00 bits per heavy atom. The highest BCUT2D eigenvalue weighted by molar-refractivity contribution is 7.80. The number of thiocarbonyl (C=S) groups is 1. The van der Waals surface area contributed by atoms with Crippen molar-refractivity contribution in [3.63, 3.8) is 0 Å². The van der Waals surface area contributed by atoms with Crippen molar-refractivity contribution in [2.24, 2.45) is 0 Å². The van der Waals surface area contributed by atoms with E-state index >= 15 is 0 Å². The molecule has 0 aromatic carbocycles. The Balaban J connectivity index is 1.95. The molecule has 0 atom stereocenters. The van der Waals surface area contributed by atoms with Crippen LogP contribution in [0.2, 0.25) is 0 Å². The second kappa shape index (κ2) is 7.28. The van der Waals surface area contributed by atoms with Gasteiger partial charge in [0.05, 0.1) is 11.9 Å². The minimum atomic E-state index is 0.645. The summed E-state index contributed by atoms with van der Waals surface area (Å²) in [5, 5.41) is 6.83. The quantitative estimate of drug-likeness (QED) is 0.832. The maximum absolute atomic E-state index is 5.15. The molecule has 0 saturated carbocycles. The van der Waals surface area contributed by atoms with Gasteiger partial charge in [-0.3, -0.25) is 0 Å². The monoisotopic (exact) mass is 278 g/mol. The van der Waals surface area contributed by atoms with Crippen LogP contribution in [0.4, 0.5) is 11.5 Å². The Morgan fingerprint density at radius 3 is 2.58 bits per heavy atom. The zero-order chi connectivity index (χ0) is 13.5. The minimum absolute atomic E-state index is 0.645. The molecule has 2 heterocycles. The first kappa shape index (κ1) is 14.1. The van der Waals surface area contributed by atoms with Gasteiger partial charge in [0.15, 0.2) is 5.11 Å². The Bertz CT molecular complexity index is 396. The van der Waals surface area contributed by atoms with Crippen LogP contribution in [0.3, 0.4) is 0 Å². The van der Waals surface area contributed by atoms with Crippen molar-refractivity contribution < 1.29 is 0 Å². The van der Waals surface area contributed by atoms with E-state index in [0.29, 0.717) is 5.11 Å². The van der Waals surface area contributed by atoms with E-state index in [4.69, 9.17) is 12.2 Å². The van der Waals surface area contributed by atoms with Gasteiger partial charge in [0.25, 0.3) is 0 Å². The van der Waals surface area contributed by atoms with Crippen molar-refractivity contribution in [2.45, 2.75) is 32.6 Å². The van der Waals surface area contributed by atoms with Gasteiger partial charge in [-0.15, -0.1) is 0 Å². The van der Waals surface area contributed by atoms with Gasteiger partial charge < -0.3 is 15.5 Å². The number of pyridine rings is 1. The fraction of sp³-hybridized carbons (Fsp3) is 0.571. The summed E-state index contributed by atoms with van der Waals surface area (Å²) in [5.41, 5.74) is 0.935. The van der Waals surface area contributed by atoms with Crippen molar-refractivity contribution in [2.75, 3.05) is 29.9 Å². The fourth-order valence-corrected chi connectivity index (χ4v) is 2.54. The minimum Gasteiger partial charge on any atom is -0.363 e. The normalized spacial score (nSPS) is 15.7. The van der Waals surface area contributed by atoms with E-state index in [1.807, 2.05) is 19.2 Å². The summed E-state index contributed by atoms with van der Waals surface area (Å²) in [6, 6.07) is 4.11. The summed E-state index contributed by atoms with van der Waals surface area (Å²) in [6.45, 7) is 5.09. The van der Waals surface area contributed by atoms with Crippen LogP contribution in [0, 0.1) is 0 Å². The van der Waals surface area contributed by atoms with E-state index in [2.05, 4.69) is 26.6 Å². The van der Waals surface area contributed by atoms with Crippen molar-refractivity contribution >= 4 is 28.8 Å². The van der Waals surface area contributed by atoms with Gasteiger partial charge in [-0.1, -0.05) is 12.8 Å². The summed E-state index contributed by atoms with van der Waals surface area (Å²) in [7, 11) is 0. The van der Waals surface area contributed by atoms with Crippen LogP contribution in [0.1, 0.15) is 32.6 Å². The van der Waals surface area contributed by atoms with Crippen LogP contribution in [-0.2, 0) is 0 Å². The van der Waals surface area contributed by atoms with Gasteiger partial charge in [-0.25, -0.2) is 4.98 Å². The second-order valence-electron chi connectivity index (χ2n) is 4.79. The lowest BCUT2D eigenvalue weighted by atomic mass is 10.2. The third-order valence-electron chi connectivity index (χ3n) is 3.27. The summed E-state index contributed by atoms with van der Waals surface area (Å²) in [4.78, 5) is 6.91. The van der Waals surface area contributed by atoms with E-state index in [1.165, 1.54) is 25.7 Å². The summed E-state index contributed by atoms with van der Waals surface area (Å²) in [5.74, 6) is 1.07. The number of anilines is 2. The number of nitrogens with one attached hydrogen (secondary N) is 2. The van der Waals surface area contributed by atoms with Gasteiger partial charge in [0, 0.05) is 19.6 Å². The van der Waals surface area contributed by atoms with Gasteiger partial charge >= 0.3 is 0 Å². The number of hydrogen-bond donors (Lipinski definition) is 2. The topological polar surface area (TPSA) is 40.2 Å². The molecule has 5 heteroatoms. The first-order valence-electron chi connectivity index (χ1n) is 7.05. The third kappa shape index (κ3) is 4.35. The second-order valence-corrected chi connectivity index (χ2v) is 5.20. The summed E-state index contributed by atoms with van der Waals surface area (Å²) in [6.07, 6.45) is 7.07. The molecule has 0 radical (unpaired) electrons. The molecule has 4 nitrogen and oxygen atoms in total. The van der Waals surface area contributed by atoms with E-state index < -0.39 is 0 Å². The van der Waals surface area contributed by atoms with E-state index in [9.17, 15) is 0 Å². The SMILES string of the molecule is CCNC(=S)Nc1ccc(N2CCCCCC2)nc1. The smallest absolute Gasteiger partial charge is 0.170 e. The average Bonchev–Trinajstić information content (AvgIpc) is 2.69. The molecule has 1 aliphatic heterocycles. The van der Waals surface area contributed by atoms with Crippen LogP contribution < -0.4 is 15.5 Å². The molecule has 1 fully saturated rings. The summed E-state index contributed by atoms with van der Waals surface area (Å²) >= 11 is 5.15. The van der Waals surface area contributed by atoms with Gasteiger partial charge in [-0.2, -0.15) is 0 Å². The van der Waals surface area contributed by atoms with Gasteiger partial charge in [-0.05, 0) is 44.1 Å². The maximum atomic E-state index is 5.15. The van der Waals surface area contributed by atoms with Crippen molar-refractivity contribution in [3.05, 3.63) is 18.3 Å².